The number of nitro groups is 1. The maximum atomic E-state index is 10.9. The second-order valence-corrected chi connectivity index (χ2v) is 7.40. The Labute approximate surface area is 176 Å². The van der Waals surface area contributed by atoms with Crippen molar-refractivity contribution >= 4 is 34.0 Å². The van der Waals surface area contributed by atoms with Crippen molar-refractivity contribution in [2.24, 2.45) is 10.2 Å². The van der Waals surface area contributed by atoms with E-state index in [1.54, 1.807) is 12.1 Å². The molecule has 0 N–H and O–H groups in total. The maximum absolute atomic E-state index is 10.9. The molecule has 0 radical (unpaired) electrons. The van der Waals surface area contributed by atoms with Crippen molar-refractivity contribution in [2.75, 3.05) is 0 Å². The Hall–Kier alpha value is -3.84. The third kappa shape index (κ3) is 4.11. The summed E-state index contributed by atoms with van der Waals surface area (Å²) in [4.78, 5) is 11.2. The van der Waals surface area contributed by atoms with Gasteiger partial charge in [-0.25, -0.2) is 0 Å². The van der Waals surface area contributed by atoms with Gasteiger partial charge < -0.3 is 4.57 Å². The van der Waals surface area contributed by atoms with E-state index in [2.05, 4.69) is 52.5 Å². The molecule has 6 nitrogen and oxygen atoms in total. The molecule has 30 heavy (non-hydrogen) atoms. The van der Waals surface area contributed by atoms with E-state index in [-0.39, 0.29) is 5.69 Å². The molecule has 1 aromatic heterocycles. The number of non-ortho nitro benzene ring substituents is 1. The highest BCUT2D eigenvalue weighted by Gasteiger charge is 2.08. The van der Waals surface area contributed by atoms with Crippen LogP contribution in [0, 0.1) is 10.1 Å². The first-order valence-corrected chi connectivity index (χ1v) is 10.1. The van der Waals surface area contributed by atoms with Gasteiger partial charge in [0.15, 0.2) is 0 Å². The number of nitro benzene ring substituents is 1. The minimum absolute atomic E-state index is 0.0235. The van der Waals surface area contributed by atoms with Crippen LogP contribution in [0.25, 0.3) is 22.0 Å². The lowest BCUT2D eigenvalue weighted by molar-refractivity contribution is -0.384. The third-order valence-corrected chi connectivity index (χ3v) is 5.44. The van der Waals surface area contributed by atoms with Gasteiger partial charge in [-0.3, -0.25) is 10.1 Å². The van der Waals surface area contributed by atoms with Crippen molar-refractivity contribution in [3.63, 3.8) is 0 Å². The van der Waals surface area contributed by atoms with Gasteiger partial charge in [-0.05, 0) is 22.4 Å². The number of thiazole rings is 1. The minimum Gasteiger partial charge on any atom is -0.311 e. The number of fused-ring (bicyclic) bond motifs is 1. The van der Waals surface area contributed by atoms with Gasteiger partial charge in [0.25, 0.3) is 5.69 Å². The van der Waals surface area contributed by atoms with Gasteiger partial charge >= 0.3 is 0 Å². The van der Waals surface area contributed by atoms with Crippen molar-refractivity contribution in [1.82, 2.24) is 4.57 Å². The van der Waals surface area contributed by atoms with Gasteiger partial charge in [-0.1, -0.05) is 54.6 Å². The summed E-state index contributed by atoms with van der Waals surface area (Å²) in [5, 5.41) is 23.8. The van der Waals surface area contributed by atoms with Crippen LogP contribution in [0.3, 0.4) is 0 Å². The summed E-state index contributed by atoms with van der Waals surface area (Å²) >= 11 is 1.49. The van der Waals surface area contributed by atoms with Crippen LogP contribution < -0.4 is 4.80 Å². The zero-order chi connectivity index (χ0) is 20.9. The molecule has 4 rings (SSSR count). The number of rotatable bonds is 6. The first-order chi connectivity index (χ1) is 14.7. The highest BCUT2D eigenvalue weighted by atomic mass is 32.1. The molecule has 0 spiro atoms. The Balaban J connectivity index is 1.70. The Kier molecular flexibility index (Phi) is 5.63. The predicted molar refractivity (Wildman–Crippen MR) is 122 cm³/mol. The molecule has 7 heteroatoms. The fourth-order valence-electron chi connectivity index (χ4n) is 3.16. The average Bonchev–Trinajstić information content (AvgIpc) is 3.16. The van der Waals surface area contributed by atoms with Crippen LogP contribution in [-0.4, -0.2) is 15.7 Å². The van der Waals surface area contributed by atoms with Gasteiger partial charge in [0.05, 0.1) is 16.8 Å². The van der Waals surface area contributed by atoms with E-state index in [0.29, 0.717) is 12.1 Å². The molecule has 0 atom stereocenters. The van der Waals surface area contributed by atoms with Crippen molar-refractivity contribution in [2.45, 2.75) is 6.54 Å². The molecule has 0 bridgehead atoms. The van der Waals surface area contributed by atoms with Gasteiger partial charge in [0.2, 0.25) is 4.80 Å². The molecule has 4 aromatic rings. The normalized spacial score (nSPS) is 11.9. The fraction of sp³-hybridized carbons (Fsp3) is 0.0435. The standard InChI is InChI=1S/C23H18N4O2S/c1-2-12-26-22(20-11-10-18-7-3-4-8-19(18)14-20)16-30-23(26)25-24-15-17-6-5-9-21(13-17)27(28)29/h2-11,13-16H,1,12H2/b24-15-,25-23-. The Morgan fingerprint density at radius 1 is 1.07 bits per heavy atom. The van der Waals surface area contributed by atoms with Crippen LogP contribution in [-0.2, 0) is 6.54 Å². The van der Waals surface area contributed by atoms with Gasteiger partial charge in [0, 0.05) is 29.6 Å². The second kappa shape index (κ2) is 8.67. The monoisotopic (exact) mass is 414 g/mol. The van der Waals surface area contributed by atoms with E-state index < -0.39 is 4.92 Å². The molecule has 0 saturated carbocycles. The number of hydrogen-bond donors (Lipinski definition) is 0. The van der Waals surface area contributed by atoms with Gasteiger partial charge in [0.1, 0.15) is 0 Å². The first kappa shape index (κ1) is 19.5. The first-order valence-electron chi connectivity index (χ1n) is 9.25. The smallest absolute Gasteiger partial charge is 0.270 e. The molecule has 148 valence electrons. The van der Waals surface area contributed by atoms with E-state index in [1.165, 1.54) is 40.5 Å². The van der Waals surface area contributed by atoms with Crippen molar-refractivity contribution < 1.29 is 4.92 Å². The molecule has 0 unspecified atom stereocenters. The molecule has 0 aliphatic carbocycles. The lowest BCUT2D eigenvalue weighted by atomic mass is 10.1. The van der Waals surface area contributed by atoms with Gasteiger partial charge in [-0.15, -0.1) is 23.0 Å². The lowest BCUT2D eigenvalue weighted by Gasteiger charge is -2.07. The molecule has 0 amide bonds. The van der Waals surface area contributed by atoms with E-state index in [4.69, 9.17) is 0 Å². The highest BCUT2D eigenvalue weighted by molar-refractivity contribution is 7.07. The number of nitrogens with zero attached hydrogens (tertiary/aromatic N) is 4. The average molecular weight is 414 g/mol. The fourth-order valence-corrected chi connectivity index (χ4v) is 4.03. The molecule has 1 heterocycles. The van der Waals surface area contributed by atoms with E-state index in [0.717, 1.165) is 16.1 Å². The van der Waals surface area contributed by atoms with Crippen molar-refractivity contribution in [3.05, 3.63) is 105 Å². The van der Waals surface area contributed by atoms with Crippen LogP contribution in [0.4, 0.5) is 5.69 Å². The summed E-state index contributed by atoms with van der Waals surface area (Å²) in [7, 11) is 0. The molecule has 0 aliphatic heterocycles. The van der Waals surface area contributed by atoms with Crippen LogP contribution in [0.15, 0.2) is 95.0 Å². The van der Waals surface area contributed by atoms with Crippen LogP contribution >= 0.6 is 11.3 Å². The summed E-state index contributed by atoms with van der Waals surface area (Å²) in [6.45, 7) is 4.45. The third-order valence-electron chi connectivity index (χ3n) is 4.59. The molecular formula is C23H18N4O2S. The lowest BCUT2D eigenvalue weighted by Crippen LogP contribution is -2.14. The number of allylic oxidation sites excluding steroid dienone is 1. The van der Waals surface area contributed by atoms with Crippen molar-refractivity contribution in [1.29, 1.82) is 0 Å². The second-order valence-electron chi connectivity index (χ2n) is 6.56. The molecule has 3 aromatic carbocycles. The minimum atomic E-state index is -0.429. The van der Waals surface area contributed by atoms with Gasteiger partial charge in [-0.2, -0.15) is 5.10 Å². The van der Waals surface area contributed by atoms with E-state index in [9.17, 15) is 10.1 Å². The summed E-state index contributed by atoms with van der Waals surface area (Å²) in [6, 6.07) is 20.9. The Morgan fingerprint density at radius 3 is 2.70 bits per heavy atom. The molecule has 0 fully saturated rings. The van der Waals surface area contributed by atoms with E-state index >= 15 is 0 Å². The quantitative estimate of drug-likeness (QED) is 0.183. The van der Waals surface area contributed by atoms with Crippen LogP contribution in [0.1, 0.15) is 5.56 Å². The van der Waals surface area contributed by atoms with Crippen molar-refractivity contribution in [3.8, 4) is 11.3 Å². The summed E-state index contributed by atoms with van der Waals surface area (Å²) < 4.78 is 2.05. The SMILES string of the molecule is C=CCn1c(-c2ccc3ccccc3c2)cs/c1=N\N=C/c1cccc([N+](=O)[O-])c1. The highest BCUT2D eigenvalue weighted by Crippen LogP contribution is 2.25. The summed E-state index contributed by atoms with van der Waals surface area (Å²) in [5.41, 5.74) is 2.77. The Morgan fingerprint density at radius 2 is 1.90 bits per heavy atom. The van der Waals surface area contributed by atoms with E-state index in [1.807, 2.05) is 22.8 Å². The molecule has 0 aliphatic rings. The predicted octanol–water partition coefficient (Wildman–Crippen LogP) is 5.40. The largest absolute Gasteiger partial charge is 0.311 e. The van der Waals surface area contributed by atoms with Crippen LogP contribution in [0.5, 0.6) is 0 Å². The maximum Gasteiger partial charge on any atom is 0.270 e. The Bertz CT molecular complexity index is 1330. The topological polar surface area (TPSA) is 72.8 Å². The summed E-state index contributed by atoms with van der Waals surface area (Å²) in [6.07, 6.45) is 3.33. The number of aromatic nitrogens is 1. The molecular weight excluding hydrogens is 396 g/mol. The van der Waals surface area contributed by atoms with Crippen LogP contribution in [0.2, 0.25) is 0 Å². The zero-order valence-corrected chi connectivity index (χ0v) is 16.8. The zero-order valence-electron chi connectivity index (χ0n) is 16.0. The number of hydrogen-bond acceptors (Lipinski definition) is 5. The number of benzene rings is 3. The molecule has 0 saturated heterocycles. The summed E-state index contributed by atoms with van der Waals surface area (Å²) in [5.74, 6) is 0.